The van der Waals surface area contributed by atoms with E-state index in [1.807, 2.05) is 0 Å². The molecule has 0 aliphatic carbocycles. The van der Waals surface area contributed by atoms with E-state index < -0.39 is 0 Å². The molecule has 1 fully saturated rings. The van der Waals surface area contributed by atoms with Gasteiger partial charge in [0.15, 0.2) is 0 Å². The van der Waals surface area contributed by atoms with Crippen molar-refractivity contribution in [2.75, 3.05) is 19.6 Å². The van der Waals surface area contributed by atoms with Gasteiger partial charge in [-0.3, -0.25) is 0 Å². The number of hydrogen-bond donors (Lipinski definition) is 1. The van der Waals surface area contributed by atoms with Crippen LogP contribution in [0.25, 0.3) is 0 Å². The molecular formula is C17H36N2. The molecule has 0 aromatic rings. The number of nitrogens with two attached hydrogens (primary N) is 1. The van der Waals surface area contributed by atoms with Crippen molar-refractivity contribution in [1.29, 1.82) is 0 Å². The average molecular weight is 268 g/mol. The van der Waals surface area contributed by atoms with Crippen LogP contribution in [0, 0.1) is 16.7 Å². The quantitative estimate of drug-likeness (QED) is 0.841. The summed E-state index contributed by atoms with van der Waals surface area (Å²) in [5.41, 5.74) is 6.98. The number of hydrogen-bond acceptors (Lipinski definition) is 2. The minimum absolute atomic E-state index is 0.236. The first kappa shape index (κ1) is 17.0. The molecule has 2 atom stereocenters. The molecule has 1 rings (SSSR count). The second-order valence-corrected chi connectivity index (χ2v) is 8.60. The first-order chi connectivity index (χ1) is 8.60. The molecule has 0 radical (unpaired) electrons. The molecule has 19 heavy (non-hydrogen) atoms. The summed E-state index contributed by atoms with van der Waals surface area (Å²) < 4.78 is 0. The molecule has 0 saturated carbocycles. The van der Waals surface area contributed by atoms with Crippen LogP contribution >= 0.6 is 0 Å². The highest BCUT2D eigenvalue weighted by atomic mass is 15.1. The maximum atomic E-state index is 6.28. The van der Waals surface area contributed by atoms with Gasteiger partial charge in [0.25, 0.3) is 0 Å². The molecule has 1 saturated heterocycles. The summed E-state index contributed by atoms with van der Waals surface area (Å²) >= 11 is 0. The van der Waals surface area contributed by atoms with Crippen molar-refractivity contribution >= 4 is 0 Å². The average Bonchev–Trinajstić information content (AvgIpc) is 2.48. The lowest BCUT2D eigenvalue weighted by Crippen LogP contribution is -2.39. The van der Waals surface area contributed by atoms with E-state index in [9.17, 15) is 0 Å². The zero-order valence-electron chi connectivity index (χ0n) is 14.1. The van der Waals surface area contributed by atoms with Gasteiger partial charge in [-0.2, -0.15) is 0 Å². The van der Waals surface area contributed by atoms with Crippen LogP contribution < -0.4 is 5.73 Å². The minimum Gasteiger partial charge on any atom is -0.327 e. The highest BCUT2D eigenvalue weighted by molar-refractivity contribution is 4.81. The SMILES string of the molecule is CC(C)(C)C(N)CCN1CCCC(C(C)(C)C)CC1. The van der Waals surface area contributed by atoms with Gasteiger partial charge in [0.2, 0.25) is 0 Å². The van der Waals surface area contributed by atoms with E-state index in [1.54, 1.807) is 0 Å². The molecule has 1 aliphatic heterocycles. The van der Waals surface area contributed by atoms with Crippen LogP contribution in [0.15, 0.2) is 0 Å². The second kappa shape index (κ2) is 6.58. The van der Waals surface area contributed by atoms with Crippen molar-refractivity contribution in [3.05, 3.63) is 0 Å². The largest absolute Gasteiger partial charge is 0.327 e. The molecule has 0 bridgehead atoms. The van der Waals surface area contributed by atoms with Crippen LogP contribution in [0.4, 0.5) is 0 Å². The number of likely N-dealkylation sites (tertiary alicyclic amines) is 1. The van der Waals surface area contributed by atoms with Crippen LogP contribution in [-0.4, -0.2) is 30.6 Å². The van der Waals surface area contributed by atoms with Crippen LogP contribution in [0.2, 0.25) is 0 Å². The zero-order valence-corrected chi connectivity index (χ0v) is 14.1. The Hall–Kier alpha value is -0.0800. The van der Waals surface area contributed by atoms with Gasteiger partial charge >= 0.3 is 0 Å². The molecule has 0 aromatic heterocycles. The maximum Gasteiger partial charge on any atom is 0.00998 e. The second-order valence-electron chi connectivity index (χ2n) is 8.60. The molecule has 2 heteroatoms. The van der Waals surface area contributed by atoms with E-state index in [-0.39, 0.29) is 5.41 Å². The standard InChI is InChI=1S/C17H36N2/c1-16(2,3)14-8-7-11-19(12-9-14)13-10-15(18)17(4,5)6/h14-15H,7-13,18H2,1-6H3. The van der Waals surface area contributed by atoms with Crippen molar-refractivity contribution in [3.8, 4) is 0 Å². The summed E-state index contributed by atoms with van der Waals surface area (Å²) in [5, 5.41) is 0. The zero-order chi connectivity index (χ0) is 14.7. The van der Waals surface area contributed by atoms with E-state index in [0.29, 0.717) is 11.5 Å². The summed E-state index contributed by atoms with van der Waals surface area (Å²) in [6, 6.07) is 0.314. The summed E-state index contributed by atoms with van der Waals surface area (Å²) in [6.45, 7) is 17.6. The molecule has 0 spiro atoms. The lowest BCUT2D eigenvalue weighted by atomic mass is 9.77. The predicted molar refractivity (Wildman–Crippen MR) is 85.3 cm³/mol. The molecule has 114 valence electrons. The molecule has 1 heterocycles. The van der Waals surface area contributed by atoms with Gasteiger partial charge in [0, 0.05) is 6.04 Å². The van der Waals surface area contributed by atoms with Gasteiger partial charge in [-0.05, 0) is 62.1 Å². The fraction of sp³-hybridized carbons (Fsp3) is 1.00. The van der Waals surface area contributed by atoms with Gasteiger partial charge in [-0.1, -0.05) is 41.5 Å². The maximum absolute atomic E-state index is 6.28. The van der Waals surface area contributed by atoms with Crippen LogP contribution in [0.1, 0.15) is 67.2 Å². The number of nitrogens with zero attached hydrogens (tertiary/aromatic N) is 1. The lowest BCUT2D eigenvalue weighted by molar-refractivity contribution is 0.201. The van der Waals surface area contributed by atoms with Crippen molar-refractivity contribution in [2.24, 2.45) is 22.5 Å². The summed E-state index contributed by atoms with van der Waals surface area (Å²) in [6.07, 6.45) is 5.23. The Morgan fingerprint density at radius 2 is 1.68 bits per heavy atom. The van der Waals surface area contributed by atoms with Gasteiger partial charge in [0.1, 0.15) is 0 Å². The summed E-state index contributed by atoms with van der Waals surface area (Å²) in [7, 11) is 0. The van der Waals surface area contributed by atoms with Gasteiger partial charge in [0.05, 0.1) is 0 Å². The highest BCUT2D eigenvalue weighted by Gasteiger charge is 2.27. The fourth-order valence-corrected chi connectivity index (χ4v) is 3.00. The topological polar surface area (TPSA) is 29.3 Å². The third kappa shape index (κ3) is 5.83. The monoisotopic (exact) mass is 268 g/mol. The Morgan fingerprint density at radius 3 is 2.21 bits per heavy atom. The summed E-state index contributed by atoms with van der Waals surface area (Å²) in [5.74, 6) is 0.883. The van der Waals surface area contributed by atoms with Crippen LogP contribution in [-0.2, 0) is 0 Å². The first-order valence-corrected chi connectivity index (χ1v) is 8.08. The van der Waals surface area contributed by atoms with E-state index in [1.165, 1.54) is 38.9 Å². The molecular weight excluding hydrogens is 232 g/mol. The smallest absolute Gasteiger partial charge is 0.00998 e. The van der Waals surface area contributed by atoms with Crippen molar-refractivity contribution in [1.82, 2.24) is 4.90 Å². The Labute approximate surface area is 121 Å². The Kier molecular flexibility index (Phi) is 5.88. The molecule has 2 nitrogen and oxygen atoms in total. The Morgan fingerprint density at radius 1 is 1.05 bits per heavy atom. The van der Waals surface area contributed by atoms with Gasteiger partial charge in [-0.25, -0.2) is 0 Å². The summed E-state index contributed by atoms with van der Waals surface area (Å²) in [4.78, 5) is 2.64. The predicted octanol–water partition coefficient (Wildman–Crippen LogP) is 3.90. The highest BCUT2D eigenvalue weighted by Crippen LogP contribution is 2.34. The van der Waals surface area contributed by atoms with E-state index in [2.05, 4.69) is 46.4 Å². The van der Waals surface area contributed by atoms with Crippen LogP contribution in [0.5, 0.6) is 0 Å². The van der Waals surface area contributed by atoms with Gasteiger partial charge in [-0.15, -0.1) is 0 Å². The first-order valence-electron chi connectivity index (χ1n) is 8.08. The van der Waals surface area contributed by atoms with Crippen LogP contribution in [0.3, 0.4) is 0 Å². The Bertz CT molecular complexity index is 259. The Balaban J connectivity index is 2.38. The third-order valence-corrected chi connectivity index (χ3v) is 4.91. The molecule has 2 N–H and O–H groups in total. The normalized spacial score (nSPS) is 25.1. The lowest BCUT2D eigenvalue weighted by Gasteiger charge is -2.31. The van der Waals surface area contributed by atoms with Crippen molar-refractivity contribution < 1.29 is 0 Å². The fourth-order valence-electron chi connectivity index (χ4n) is 3.00. The molecule has 0 aromatic carbocycles. The number of rotatable bonds is 3. The van der Waals surface area contributed by atoms with E-state index >= 15 is 0 Å². The molecule has 2 unspecified atom stereocenters. The third-order valence-electron chi connectivity index (χ3n) is 4.91. The minimum atomic E-state index is 0.236. The van der Waals surface area contributed by atoms with E-state index in [0.717, 1.165) is 12.3 Å². The molecule has 1 aliphatic rings. The molecule has 0 amide bonds. The van der Waals surface area contributed by atoms with Crippen molar-refractivity contribution in [2.45, 2.75) is 73.3 Å². The van der Waals surface area contributed by atoms with Gasteiger partial charge < -0.3 is 10.6 Å². The van der Waals surface area contributed by atoms with Crippen molar-refractivity contribution in [3.63, 3.8) is 0 Å². The van der Waals surface area contributed by atoms with E-state index in [4.69, 9.17) is 5.73 Å².